The van der Waals surface area contributed by atoms with E-state index in [1.54, 1.807) is 0 Å². The third-order valence-corrected chi connectivity index (χ3v) is 4.74. The normalized spacial score (nSPS) is 11.1. The van der Waals surface area contributed by atoms with Gasteiger partial charge in [0.05, 0.1) is 5.75 Å². The van der Waals surface area contributed by atoms with Gasteiger partial charge in [-0.15, -0.1) is 20.4 Å². The van der Waals surface area contributed by atoms with Crippen molar-refractivity contribution in [2.75, 3.05) is 11.1 Å². The summed E-state index contributed by atoms with van der Waals surface area (Å²) in [5.74, 6) is 1.37. The van der Waals surface area contributed by atoms with Gasteiger partial charge in [-0.3, -0.25) is 10.1 Å². The summed E-state index contributed by atoms with van der Waals surface area (Å²) in [6, 6.07) is 0. The van der Waals surface area contributed by atoms with Gasteiger partial charge in [0.1, 0.15) is 10.8 Å². The average Bonchev–Trinajstić information content (AvgIpc) is 3.03. The SMILES string of the molecule is CCc1nnc(NC(=O)CSc2nnc(C(C)C)n2C)s1. The number of aromatic nitrogens is 5. The first-order chi connectivity index (χ1) is 10.0. The molecule has 1 N–H and O–H groups in total. The van der Waals surface area contributed by atoms with Crippen molar-refractivity contribution in [3.63, 3.8) is 0 Å². The van der Waals surface area contributed by atoms with Crippen molar-refractivity contribution in [1.29, 1.82) is 0 Å². The Morgan fingerprint density at radius 2 is 2.10 bits per heavy atom. The van der Waals surface area contributed by atoms with Crippen LogP contribution in [0.3, 0.4) is 0 Å². The van der Waals surface area contributed by atoms with E-state index in [0.29, 0.717) is 11.0 Å². The molecule has 0 saturated heterocycles. The highest BCUT2D eigenvalue weighted by Gasteiger charge is 2.14. The highest BCUT2D eigenvalue weighted by Crippen LogP contribution is 2.20. The maximum absolute atomic E-state index is 11.9. The molecule has 0 aromatic carbocycles. The van der Waals surface area contributed by atoms with E-state index in [1.165, 1.54) is 23.1 Å². The van der Waals surface area contributed by atoms with Crippen molar-refractivity contribution >= 4 is 34.1 Å². The molecule has 0 aliphatic heterocycles. The molecule has 2 aromatic heterocycles. The zero-order valence-corrected chi connectivity index (χ0v) is 14.1. The average molecular weight is 326 g/mol. The lowest BCUT2D eigenvalue weighted by molar-refractivity contribution is -0.113. The molecule has 0 aliphatic carbocycles. The van der Waals surface area contributed by atoms with E-state index in [4.69, 9.17) is 0 Å². The fourth-order valence-corrected chi connectivity index (χ4v) is 3.10. The number of carbonyl (C=O) groups excluding carboxylic acids is 1. The number of thioether (sulfide) groups is 1. The summed E-state index contributed by atoms with van der Waals surface area (Å²) in [4.78, 5) is 11.9. The first kappa shape index (κ1) is 15.9. The molecule has 9 heteroatoms. The second-order valence-corrected chi connectivity index (χ2v) is 6.75. The van der Waals surface area contributed by atoms with Gasteiger partial charge in [0, 0.05) is 13.0 Å². The number of nitrogens with one attached hydrogen (secondary N) is 1. The molecule has 0 radical (unpaired) electrons. The quantitative estimate of drug-likeness (QED) is 0.818. The van der Waals surface area contributed by atoms with Gasteiger partial charge in [0.2, 0.25) is 11.0 Å². The first-order valence-corrected chi connectivity index (χ1v) is 8.45. The van der Waals surface area contributed by atoms with Crippen molar-refractivity contribution in [3.05, 3.63) is 10.8 Å². The minimum Gasteiger partial charge on any atom is -0.309 e. The van der Waals surface area contributed by atoms with Crippen LogP contribution in [0.4, 0.5) is 5.13 Å². The van der Waals surface area contributed by atoms with Gasteiger partial charge in [-0.05, 0) is 6.42 Å². The minimum absolute atomic E-state index is 0.118. The molecule has 2 aromatic rings. The number of amides is 1. The summed E-state index contributed by atoms with van der Waals surface area (Å²) in [6.07, 6.45) is 0.819. The fourth-order valence-electron chi connectivity index (χ4n) is 1.69. The number of aryl methyl sites for hydroxylation is 1. The van der Waals surface area contributed by atoms with Crippen LogP contribution >= 0.6 is 23.1 Å². The predicted molar refractivity (Wildman–Crippen MR) is 83.7 cm³/mol. The largest absolute Gasteiger partial charge is 0.309 e. The van der Waals surface area contributed by atoms with E-state index in [9.17, 15) is 4.79 Å². The molecule has 0 aliphatic rings. The van der Waals surface area contributed by atoms with Gasteiger partial charge in [0.25, 0.3) is 0 Å². The van der Waals surface area contributed by atoms with E-state index in [2.05, 4.69) is 39.6 Å². The molecule has 1 amide bonds. The van der Waals surface area contributed by atoms with Crippen LogP contribution in [0.2, 0.25) is 0 Å². The van der Waals surface area contributed by atoms with E-state index in [-0.39, 0.29) is 11.7 Å². The third kappa shape index (κ3) is 4.01. The van der Waals surface area contributed by atoms with Gasteiger partial charge in [-0.25, -0.2) is 0 Å². The number of anilines is 1. The topological polar surface area (TPSA) is 85.6 Å². The maximum Gasteiger partial charge on any atom is 0.236 e. The summed E-state index contributed by atoms with van der Waals surface area (Å²) < 4.78 is 1.92. The zero-order valence-electron chi connectivity index (χ0n) is 12.5. The van der Waals surface area contributed by atoms with E-state index < -0.39 is 0 Å². The lowest BCUT2D eigenvalue weighted by atomic mass is 10.2. The van der Waals surface area contributed by atoms with Gasteiger partial charge in [-0.2, -0.15) is 0 Å². The molecule has 0 unspecified atom stereocenters. The van der Waals surface area contributed by atoms with Crippen LogP contribution in [0.1, 0.15) is 37.5 Å². The molecule has 0 atom stereocenters. The molecular weight excluding hydrogens is 308 g/mol. The second-order valence-electron chi connectivity index (χ2n) is 4.75. The first-order valence-electron chi connectivity index (χ1n) is 6.65. The molecule has 2 rings (SSSR count). The van der Waals surface area contributed by atoms with Crippen LogP contribution in [-0.4, -0.2) is 36.6 Å². The van der Waals surface area contributed by atoms with E-state index >= 15 is 0 Å². The van der Waals surface area contributed by atoms with Gasteiger partial charge < -0.3 is 4.57 Å². The summed E-state index contributed by atoms with van der Waals surface area (Å²) >= 11 is 2.76. The van der Waals surface area contributed by atoms with Gasteiger partial charge in [0.15, 0.2) is 5.16 Å². The van der Waals surface area contributed by atoms with Crippen LogP contribution in [-0.2, 0) is 18.3 Å². The Hall–Kier alpha value is -1.48. The predicted octanol–water partition coefficient (Wildman–Crippen LogP) is 2.08. The lowest BCUT2D eigenvalue weighted by Gasteiger charge is -2.05. The molecule has 0 spiro atoms. The van der Waals surface area contributed by atoms with Crippen molar-refractivity contribution < 1.29 is 4.79 Å². The molecule has 0 bridgehead atoms. The molecule has 21 heavy (non-hydrogen) atoms. The Morgan fingerprint density at radius 1 is 1.33 bits per heavy atom. The Kier molecular flexibility index (Phi) is 5.29. The van der Waals surface area contributed by atoms with Crippen molar-refractivity contribution in [2.24, 2.45) is 7.05 Å². The molecule has 0 saturated carbocycles. The van der Waals surface area contributed by atoms with Crippen LogP contribution < -0.4 is 5.32 Å². The summed E-state index contributed by atoms with van der Waals surface area (Å²) in [5, 5.41) is 21.1. The van der Waals surface area contributed by atoms with E-state index in [1.807, 2.05) is 18.5 Å². The Labute approximate surface area is 131 Å². The molecule has 114 valence electrons. The highest BCUT2D eigenvalue weighted by molar-refractivity contribution is 7.99. The molecule has 2 heterocycles. The standard InChI is InChI=1S/C12H18N6OS2/c1-5-9-14-16-11(21-9)13-8(19)6-20-12-17-15-10(7(2)3)18(12)4/h7H,5-6H2,1-4H3,(H,13,16,19). The molecular formula is C12H18N6OS2. The highest BCUT2D eigenvalue weighted by atomic mass is 32.2. The Morgan fingerprint density at radius 3 is 2.67 bits per heavy atom. The fraction of sp³-hybridized carbons (Fsp3) is 0.583. The summed E-state index contributed by atoms with van der Waals surface area (Å²) in [7, 11) is 1.91. The lowest BCUT2D eigenvalue weighted by Crippen LogP contribution is -2.14. The number of rotatable bonds is 6. The summed E-state index contributed by atoms with van der Waals surface area (Å²) in [6.45, 7) is 6.13. The van der Waals surface area contributed by atoms with Crippen LogP contribution in [0.5, 0.6) is 0 Å². The smallest absolute Gasteiger partial charge is 0.236 e. The minimum atomic E-state index is -0.118. The Bertz CT molecular complexity index is 621. The molecule has 0 fully saturated rings. The van der Waals surface area contributed by atoms with E-state index in [0.717, 1.165) is 22.4 Å². The van der Waals surface area contributed by atoms with Gasteiger partial charge >= 0.3 is 0 Å². The van der Waals surface area contributed by atoms with Gasteiger partial charge in [-0.1, -0.05) is 43.9 Å². The zero-order chi connectivity index (χ0) is 15.4. The van der Waals surface area contributed by atoms with Crippen molar-refractivity contribution in [2.45, 2.75) is 38.3 Å². The van der Waals surface area contributed by atoms with Crippen LogP contribution in [0.25, 0.3) is 0 Å². The van der Waals surface area contributed by atoms with Crippen molar-refractivity contribution in [3.8, 4) is 0 Å². The number of carbonyl (C=O) groups is 1. The summed E-state index contributed by atoms with van der Waals surface area (Å²) in [5.41, 5.74) is 0. The second kappa shape index (κ2) is 6.99. The van der Waals surface area contributed by atoms with Crippen LogP contribution in [0, 0.1) is 0 Å². The van der Waals surface area contributed by atoms with Crippen molar-refractivity contribution in [1.82, 2.24) is 25.0 Å². The molecule has 7 nitrogen and oxygen atoms in total. The van der Waals surface area contributed by atoms with Crippen LogP contribution in [0.15, 0.2) is 5.16 Å². The Balaban J connectivity index is 1.89. The third-order valence-electron chi connectivity index (χ3n) is 2.73. The number of hydrogen-bond acceptors (Lipinski definition) is 7. The monoisotopic (exact) mass is 326 g/mol. The number of nitrogens with zero attached hydrogens (tertiary/aromatic N) is 5. The maximum atomic E-state index is 11.9. The number of hydrogen-bond donors (Lipinski definition) is 1.